The average molecular weight is 502 g/mol. The molecule has 2 saturated heterocycles. The number of carbonyl (C=O) groups excluding carboxylic acids is 2. The third kappa shape index (κ3) is 6.61. The Kier molecular flexibility index (Phi) is 8.79. The Labute approximate surface area is 215 Å². The van der Waals surface area contributed by atoms with Crippen LogP contribution in [0.3, 0.4) is 0 Å². The number of hydrogen-bond donors (Lipinski definition) is 2. The number of rotatable bonds is 2. The van der Waals surface area contributed by atoms with Crippen LogP contribution < -0.4 is 0 Å². The average Bonchev–Trinajstić information content (AvgIpc) is 3.44. The van der Waals surface area contributed by atoms with Crippen molar-refractivity contribution in [3.05, 3.63) is 35.2 Å². The Morgan fingerprint density at radius 3 is 2.53 bits per heavy atom. The molecule has 2 aliphatic rings. The summed E-state index contributed by atoms with van der Waals surface area (Å²) in [6.45, 7) is 12.8. The SMILES string of the molecule is C/C(=C\c1cccc(C)n1)[C@@H]1C[C@@H]2O[C@]2(C)CCC[C@H](C)[C@H](O)[C@@H](C)C(=O)C(C)(C)[C@@H](O)CC(=O)O1. The van der Waals surface area contributed by atoms with Gasteiger partial charge in [-0.1, -0.05) is 40.2 Å². The number of ether oxygens (including phenoxy) is 2. The molecule has 1 aromatic heterocycles. The van der Waals surface area contributed by atoms with Gasteiger partial charge in [0.05, 0.1) is 41.4 Å². The molecule has 2 N–H and O–H groups in total. The van der Waals surface area contributed by atoms with E-state index in [0.29, 0.717) is 6.42 Å². The van der Waals surface area contributed by atoms with Crippen LogP contribution in [0.1, 0.15) is 85.0 Å². The molecular formula is C29H43NO6. The highest BCUT2D eigenvalue weighted by molar-refractivity contribution is 5.88. The fraction of sp³-hybridized carbons (Fsp3) is 0.690. The maximum atomic E-state index is 13.2. The predicted molar refractivity (Wildman–Crippen MR) is 138 cm³/mol. The summed E-state index contributed by atoms with van der Waals surface area (Å²) >= 11 is 0. The maximum Gasteiger partial charge on any atom is 0.309 e. The van der Waals surface area contributed by atoms with E-state index in [-0.39, 0.29) is 29.8 Å². The Hall–Kier alpha value is -2.09. The van der Waals surface area contributed by atoms with Gasteiger partial charge in [0.25, 0.3) is 0 Å². The van der Waals surface area contributed by atoms with Crippen LogP contribution in [0.4, 0.5) is 0 Å². The Morgan fingerprint density at radius 2 is 1.86 bits per heavy atom. The summed E-state index contributed by atoms with van der Waals surface area (Å²) in [6.07, 6.45) is 1.90. The van der Waals surface area contributed by atoms with Gasteiger partial charge in [0.1, 0.15) is 11.9 Å². The molecule has 0 aromatic carbocycles. The summed E-state index contributed by atoms with van der Waals surface area (Å²) in [4.78, 5) is 30.7. The number of cyclic esters (lactones) is 1. The first-order valence-corrected chi connectivity index (χ1v) is 13.1. The van der Waals surface area contributed by atoms with Crippen LogP contribution in [0.25, 0.3) is 6.08 Å². The van der Waals surface area contributed by atoms with Gasteiger partial charge in [-0.15, -0.1) is 0 Å². The van der Waals surface area contributed by atoms with E-state index in [1.54, 1.807) is 20.8 Å². The molecule has 0 amide bonds. The van der Waals surface area contributed by atoms with E-state index in [1.165, 1.54) is 0 Å². The van der Waals surface area contributed by atoms with Gasteiger partial charge in [-0.05, 0) is 63.3 Å². The van der Waals surface area contributed by atoms with Gasteiger partial charge in [0.2, 0.25) is 0 Å². The van der Waals surface area contributed by atoms with Crippen LogP contribution in [0.5, 0.6) is 0 Å². The molecule has 0 saturated carbocycles. The quantitative estimate of drug-likeness (QED) is 0.456. The normalized spacial score (nSPS) is 36.6. The first-order valence-electron chi connectivity index (χ1n) is 13.1. The van der Waals surface area contributed by atoms with Gasteiger partial charge >= 0.3 is 5.97 Å². The predicted octanol–water partition coefficient (Wildman–Crippen LogP) is 4.42. The second kappa shape index (κ2) is 11.1. The van der Waals surface area contributed by atoms with Crippen LogP contribution in [0.2, 0.25) is 0 Å². The van der Waals surface area contributed by atoms with E-state index in [0.717, 1.165) is 36.2 Å². The van der Waals surface area contributed by atoms with Crippen molar-refractivity contribution >= 4 is 17.8 Å². The molecule has 2 fully saturated rings. The standard InChI is InChI=1S/C29H43NO6/c1-17-10-9-13-29(7)24(36-29)15-22(18(2)14-21-12-8-11-19(3)30-21)35-25(32)16-23(31)28(5,6)27(34)20(4)26(17)33/h8,11-12,14,17,20,22-24,26,31,33H,9-10,13,15-16H2,1-7H3/b18-14+/t17-,20+,22-,23-,24-,26-,29+/m0/s1. The molecule has 0 spiro atoms. The Bertz CT molecular complexity index is 988. The highest BCUT2D eigenvalue weighted by atomic mass is 16.6. The molecule has 0 aliphatic carbocycles. The fourth-order valence-electron chi connectivity index (χ4n) is 5.26. The molecule has 3 heterocycles. The third-order valence-electron chi connectivity index (χ3n) is 8.20. The van der Waals surface area contributed by atoms with Crippen molar-refractivity contribution < 1.29 is 29.3 Å². The number of epoxide rings is 1. The molecule has 0 radical (unpaired) electrons. The van der Waals surface area contributed by atoms with Crippen molar-refractivity contribution in [1.29, 1.82) is 0 Å². The Morgan fingerprint density at radius 1 is 1.17 bits per heavy atom. The van der Waals surface area contributed by atoms with Crippen molar-refractivity contribution in [2.24, 2.45) is 17.3 Å². The number of fused-ring (bicyclic) bond motifs is 1. The van der Waals surface area contributed by atoms with Gasteiger partial charge < -0.3 is 19.7 Å². The summed E-state index contributed by atoms with van der Waals surface area (Å²) < 4.78 is 12.0. The lowest BCUT2D eigenvalue weighted by Crippen LogP contribution is -2.45. The largest absolute Gasteiger partial charge is 0.458 e. The van der Waals surface area contributed by atoms with Crippen molar-refractivity contribution in [3.8, 4) is 0 Å². The van der Waals surface area contributed by atoms with Crippen molar-refractivity contribution in [2.45, 2.75) is 111 Å². The molecule has 200 valence electrons. The van der Waals surface area contributed by atoms with E-state index in [2.05, 4.69) is 11.9 Å². The molecule has 0 bridgehead atoms. The van der Waals surface area contributed by atoms with E-state index < -0.39 is 35.6 Å². The maximum absolute atomic E-state index is 13.2. The lowest BCUT2D eigenvalue weighted by atomic mass is 9.73. The van der Waals surface area contributed by atoms with Gasteiger partial charge in [0.15, 0.2) is 0 Å². The zero-order valence-electron chi connectivity index (χ0n) is 22.8. The first kappa shape index (κ1) is 28.5. The number of ketones is 1. The van der Waals surface area contributed by atoms with Crippen molar-refractivity contribution in [2.75, 3.05) is 0 Å². The number of nitrogens with zero attached hydrogens (tertiary/aromatic N) is 1. The number of aliphatic hydroxyl groups excluding tert-OH is 2. The fourth-order valence-corrected chi connectivity index (χ4v) is 5.26. The topological polar surface area (TPSA) is 109 Å². The van der Waals surface area contributed by atoms with Crippen LogP contribution in [-0.4, -0.2) is 57.0 Å². The second-order valence-corrected chi connectivity index (χ2v) is 11.7. The third-order valence-corrected chi connectivity index (χ3v) is 8.20. The number of hydrogen-bond acceptors (Lipinski definition) is 7. The molecule has 0 unspecified atom stereocenters. The van der Waals surface area contributed by atoms with Crippen LogP contribution in [0.15, 0.2) is 23.8 Å². The number of Topliss-reactive ketones (excluding diaryl/α,β-unsaturated/α-hetero) is 1. The minimum Gasteiger partial charge on any atom is -0.458 e. The zero-order chi connectivity index (χ0) is 26.8. The zero-order valence-corrected chi connectivity index (χ0v) is 22.8. The highest BCUT2D eigenvalue weighted by Gasteiger charge is 2.53. The lowest BCUT2D eigenvalue weighted by molar-refractivity contribution is -0.154. The van der Waals surface area contributed by atoms with E-state index in [9.17, 15) is 19.8 Å². The minimum absolute atomic E-state index is 0.0564. The molecule has 2 aliphatic heterocycles. The van der Waals surface area contributed by atoms with Gasteiger partial charge in [-0.3, -0.25) is 14.6 Å². The number of aliphatic hydroxyl groups is 2. The molecule has 7 atom stereocenters. The molecule has 7 nitrogen and oxygen atoms in total. The number of aromatic nitrogens is 1. The summed E-state index contributed by atoms with van der Waals surface area (Å²) in [6, 6.07) is 5.76. The van der Waals surface area contributed by atoms with Crippen LogP contribution in [0, 0.1) is 24.2 Å². The van der Waals surface area contributed by atoms with E-state index in [1.807, 2.05) is 45.0 Å². The number of esters is 1. The van der Waals surface area contributed by atoms with E-state index in [4.69, 9.17) is 9.47 Å². The highest BCUT2D eigenvalue weighted by Crippen LogP contribution is 2.45. The molecule has 3 rings (SSSR count). The molecular weight excluding hydrogens is 458 g/mol. The van der Waals surface area contributed by atoms with Crippen LogP contribution >= 0.6 is 0 Å². The Balaban J connectivity index is 1.87. The summed E-state index contributed by atoms with van der Waals surface area (Å²) in [5.41, 5.74) is 1.00. The summed E-state index contributed by atoms with van der Waals surface area (Å²) in [5.74, 6) is -1.57. The second-order valence-electron chi connectivity index (χ2n) is 11.7. The monoisotopic (exact) mass is 501 g/mol. The molecule has 1 aromatic rings. The van der Waals surface area contributed by atoms with Crippen molar-refractivity contribution in [1.82, 2.24) is 4.98 Å². The van der Waals surface area contributed by atoms with Gasteiger partial charge in [-0.25, -0.2) is 0 Å². The molecule has 36 heavy (non-hydrogen) atoms. The summed E-state index contributed by atoms with van der Waals surface area (Å²) in [7, 11) is 0. The minimum atomic E-state index is -1.24. The van der Waals surface area contributed by atoms with Crippen molar-refractivity contribution in [3.63, 3.8) is 0 Å². The summed E-state index contributed by atoms with van der Waals surface area (Å²) in [5, 5.41) is 21.7. The first-order chi connectivity index (χ1) is 16.7. The number of pyridine rings is 1. The molecule has 7 heteroatoms. The lowest BCUT2D eigenvalue weighted by Gasteiger charge is -2.34. The van der Waals surface area contributed by atoms with Gasteiger partial charge in [0, 0.05) is 18.0 Å². The van der Waals surface area contributed by atoms with Gasteiger partial charge in [-0.2, -0.15) is 0 Å². The number of aryl methyl sites for hydroxylation is 1. The smallest absolute Gasteiger partial charge is 0.309 e. The van der Waals surface area contributed by atoms with Crippen LogP contribution in [-0.2, 0) is 19.1 Å². The van der Waals surface area contributed by atoms with E-state index >= 15 is 0 Å². The number of carbonyl (C=O) groups is 2.